The van der Waals surface area contributed by atoms with Gasteiger partial charge < -0.3 is 0 Å². The van der Waals surface area contributed by atoms with E-state index in [0.717, 1.165) is 24.0 Å². The Labute approximate surface area is 101 Å². The van der Waals surface area contributed by atoms with Crippen LogP contribution in [0.1, 0.15) is 18.4 Å². The summed E-state index contributed by atoms with van der Waals surface area (Å²) in [5.41, 5.74) is 2.22. The number of hydrogen-bond acceptors (Lipinski definition) is 2. The second-order valence-electron chi connectivity index (χ2n) is 4.07. The molecule has 2 nitrogen and oxygen atoms in total. The van der Waals surface area contributed by atoms with Gasteiger partial charge in [0.05, 0.1) is 0 Å². The summed E-state index contributed by atoms with van der Waals surface area (Å²) in [5.74, 6) is 0.407. The second-order valence-corrected chi connectivity index (χ2v) is 4.07. The Hall–Kier alpha value is -2.32. The topological polar surface area (TPSA) is 47.6 Å². The van der Waals surface area contributed by atoms with Gasteiger partial charge in [0.1, 0.15) is 17.7 Å². The average molecular weight is 220 g/mol. The number of hydrogen-bond donors (Lipinski definition) is 0. The molecular weight excluding hydrogens is 208 g/mol. The van der Waals surface area contributed by atoms with Crippen LogP contribution in [0.5, 0.6) is 0 Å². The van der Waals surface area contributed by atoms with Gasteiger partial charge in [-0.15, -0.1) is 0 Å². The average Bonchev–Trinajstić information content (AvgIpc) is 3.20. The molecule has 1 fully saturated rings. The maximum Gasteiger partial charge on any atom is 0.133 e. The van der Waals surface area contributed by atoms with Crippen LogP contribution in [0.15, 0.2) is 47.6 Å². The predicted octanol–water partition coefficient (Wildman–Crippen LogP) is 3.45. The van der Waals surface area contributed by atoms with E-state index in [9.17, 15) is 0 Å². The molecule has 1 aromatic rings. The highest BCUT2D eigenvalue weighted by molar-refractivity contribution is 5.57. The van der Waals surface area contributed by atoms with Gasteiger partial charge in [-0.25, -0.2) is 0 Å². The van der Waals surface area contributed by atoms with Crippen molar-refractivity contribution in [1.82, 2.24) is 0 Å². The van der Waals surface area contributed by atoms with Crippen LogP contribution in [0, 0.1) is 28.6 Å². The molecule has 0 saturated heterocycles. The molecule has 17 heavy (non-hydrogen) atoms. The van der Waals surface area contributed by atoms with Gasteiger partial charge in [0.15, 0.2) is 0 Å². The molecular formula is C15H12N2. The van der Waals surface area contributed by atoms with Crippen LogP contribution >= 0.6 is 0 Å². The summed E-state index contributed by atoms with van der Waals surface area (Å²) in [4.78, 5) is 0. The molecule has 82 valence electrons. The molecule has 0 bridgehead atoms. The van der Waals surface area contributed by atoms with E-state index in [-0.39, 0.29) is 5.57 Å². The Balaban J connectivity index is 2.27. The molecule has 1 aromatic carbocycles. The largest absolute Gasteiger partial charge is 0.192 e. The monoisotopic (exact) mass is 220 g/mol. The molecule has 2 rings (SSSR count). The number of benzene rings is 1. The fraction of sp³-hybridized carbons (Fsp3) is 0.200. The van der Waals surface area contributed by atoms with Crippen LogP contribution < -0.4 is 0 Å². The van der Waals surface area contributed by atoms with Gasteiger partial charge in [-0.05, 0) is 29.9 Å². The number of rotatable bonds is 3. The zero-order valence-corrected chi connectivity index (χ0v) is 9.43. The summed E-state index contributed by atoms with van der Waals surface area (Å²) >= 11 is 0. The van der Waals surface area contributed by atoms with E-state index >= 15 is 0 Å². The molecule has 0 spiro atoms. The molecule has 0 radical (unpaired) electrons. The van der Waals surface area contributed by atoms with Crippen molar-refractivity contribution in [3.8, 4) is 12.1 Å². The molecule has 0 heterocycles. The van der Waals surface area contributed by atoms with Crippen molar-refractivity contribution in [2.24, 2.45) is 5.92 Å². The first kappa shape index (κ1) is 11.2. The molecule has 2 heteroatoms. The van der Waals surface area contributed by atoms with E-state index in [1.165, 1.54) is 0 Å². The van der Waals surface area contributed by atoms with E-state index in [1.807, 2.05) is 54.6 Å². The molecule has 0 N–H and O–H groups in total. The highest BCUT2D eigenvalue weighted by Gasteiger charge is 2.27. The summed E-state index contributed by atoms with van der Waals surface area (Å²) in [6, 6.07) is 13.9. The Kier molecular flexibility index (Phi) is 3.38. The third-order valence-corrected chi connectivity index (χ3v) is 2.78. The summed E-state index contributed by atoms with van der Waals surface area (Å²) in [6.45, 7) is 0. The van der Waals surface area contributed by atoms with Gasteiger partial charge >= 0.3 is 0 Å². The Bertz CT molecular complexity index is 519. The number of nitrogens with zero attached hydrogens (tertiary/aromatic N) is 2. The van der Waals surface area contributed by atoms with E-state index in [2.05, 4.69) is 0 Å². The molecule has 0 amide bonds. The van der Waals surface area contributed by atoms with Gasteiger partial charge in [-0.3, -0.25) is 0 Å². The third kappa shape index (κ3) is 2.83. The first-order valence-electron chi connectivity index (χ1n) is 5.62. The van der Waals surface area contributed by atoms with Crippen LogP contribution in [0.2, 0.25) is 0 Å². The molecule has 0 aliphatic heterocycles. The Morgan fingerprint density at radius 2 is 1.76 bits per heavy atom. The zero-order chi connectivity index (χ0) is 12.1. The smallest absolute Gasteiger partial charge is 0.133 e. The van der Waals surface area contributed by atoms with Crippen LogP contribution in [0.4, 0.5) is 0 Å². The van der Waals surface area contributed by atoms with Gasteiger partial charge in [0.2, 0.25) is 0 Å². The molecule has 0 atom stereocenters. The van der Waals surface area contributed by atoms with Gasteiger partial charge in [-0.1, -0.05) is 42.5 Å². The lowest BCUT2D eigenvalue weighted by molar-refractivity contribution is 1.04. The lowest BCUT2D eigenvalue weighted by Gasteiger charge is -1.98. The maximum atomic E-state index is 8.91. The highest BCUT2D eigenvalue weighted by atomic mass is 14.3. The minimum absolute atomic E-state index is 0.250. The van der Waals surface area contributed by atoms with Crippen LogP contribution in [0.25, 0.3) is 6.08 Å². The third-order valence-electron chi connectivity index (χ3n) is 2.78. The predicted molar refractivity (Wildman–Crippen MR) is 66.5 cm³/mol. The zero-order valence-electron chi connectivity index (χ0n) is 9.43. The van der Waals surface area contributed by atoms with Crippen molar-refractivity contribution in [1.29, 1.82) is 10.5 Å². The SMILES string of the molecule is N#CC(C#N)=C(/C=C/c1ccccc1)C1CC1. The summed E-state index contributed by atoms with van der Waals surface area (Å²) in [6.07, 6.45) is 6.04. The summed E-state index contributed by atoms with van der Waals surface area (Å²) < 4.78 is 0. The van der Waals surface area contributed by atoms with E-state index in [0.29, 0.717) is 5.92 Å². The van der Waals surface area contributed by atoms with E-state index in [1.54, 1.807) is 0 Å². The molecule has 1 aliphatic carbocycles. The van der Waals surface area contributed by atoms with Crippen molar-refractivity contribution in [3.05, 3.63) is 53.1 Å². The molecule has 0 aromatic heterocycles. The maximum absolute atomic E-state index is 8.91. The minimum Gasteiger partial charge on any atom is -0.192 e. The fourth-order valence-corrected chi connectivity index (χ4v) is 1.72. The lowest BCUT2D eigenvalue weighted by atomic mass is 10.0. The minimum atomic E-state index is 0.250. The number of nitriles is 2. The molecule has 0 unspecified atom stereocenters. The van der Waals surface area contributed by atoms with E-state index < -0.39 is 0 Å². The van der Waals surface area contributed by atoms with Crippen LogP contribution in [-0.2, 0) is 0 Å². The summed E-state index contributed by atoms with van der Waals surface area (Å²) in [7, 11) is 0. The Morgan fingerprint density at radius 1 is 1.12 bits per heavy atom. The van der Waals surface area contributed by atoms with Crippen molar-refractivity contribution >= 4 is 6.08 Å². The fourth-order valence-electron chi connectivity index (χ4n) is 1.72. The van der Waals surface area contributed by atoms with Crippen LogP contribution in [-0.4, -0.2) is 0 Å². The second kappa shape index (κ2) is 5.14. The first-order chi connectivity index (χ1) is 8.35. The van der Waals surface area contributed by atoms with Gasteiger partial charge in [0.25, 0.3) is 0 Å². The van der Waals surface area contributed by atoms with Crippen molar-refractivity contribution in [2.45, 2.75) is 12.8 Å². The first-order valence-corrected chi connectivity index (χ1v) is 5.62. The molecule has 1 aliphatic rings. The van der Waals surface area contributed by atoms with Crippen molar-refractivity contribution in [2.75, 3.05) is 0 Å². The van der Waals surface area contributed by atoms with Crippen LogP contribution in [0.3, 0.4) is 0 Å². The normalized spacial score (nSPS) is 14.0. The quantitative estimate of drug-likeness (QED) is 0.578. The van der Waals surface area contributed by atoms with Gasteiger partial charge in [-0.2, -0.15) is 10.5 Å². The lowest BCUT2D eigenvalue weighted by Crippen LogP contribution is -1.87. The standard InChI is InChI=1S/C15H12N2/c16-10-14(11-17)15(13-7-8-13)9-6-12-4-2-1-3-5-12/h1-6,9,13H,7-8H2/b9-6+. The van der Waals surface area contributed by atoms with E-state index in [4.69, 9.17) is 10.5 Å². The number of allylic oxidation sites excluding steroid dienone is 3. The Morgan fingerprint density at radius 3 is 2.29 bits per heavy atom. The van der Waals surface area contributed by atoms with Crippen molar-refractivity contribution in [3.63, 3.8) is 0 Å². The highest BCUT2D eigenvalue weighted by Crippen LogP contribution is 2.38. The van der Waals surface area contributed by atoms with Gasteiger partial charge in [0, 0.05) is 0 Å². The summed E-state index contributed by atoms with van der Waals surface area (Å²) in [5, 5.41) is 17.8. The van der Waals surface area contributed by atoms with Crippen molar-refractivity contribution < 1.29 is 0 Å². The molecule has 1 saturated carbocycles.